The molecule has 0 saturated heterocycles. The molecule has 2 aromatic rings. The molecule has 1 N–H and O–H groups in total. The number of carbonyl (C=O) groups excluding carboxylic acids is 1. The first-order valence-electron chi connectivity index (χ1n) is 9.10. The van der Waals surface area contributed by atoms with Crippen molar-refractivity contribution in [2.45, 2.75) is 38.6 Å². The van der Waals surface area contributed by atoms with Gasteiger partial charge in [0, 0.05) is 11.4 Å². The highest BCUT2D eigenvalue weighted by atomic mass is 16.5. The molecule has 4 unspecified atom stereocenters. The van der Waals surface area contributed by atoms with E-state index in [0.717, 1.165) is 28.4 Å². The number of carbonyl (C=O) groups is 1. The normalized spacial score (nSPS) is 26.5. The fraction of sp³-hybridized carbons (Fsp3) is 0.476. The Morgan fingerprint density at radius 3 is 2.79 bits per heavy atom. The summed E-state index contributed by atoms with van der Waals surface area (Å²) in [5, 5.41) is 5.34. The first-order chi connectivity index (χ1) is 11.7. The average molecular weight is 323 g/mol. The number of ether oxygens (including phenoxy) is 1. The highest BCUT2D eigenvalue weighted by Gasteiger charge is 2.42. The molecule has 2 aliphatic carbocycles. The number of fused-ring (bicyclic) bond motifs is 3. The van der Waals surface area contributed by atoms with Gasteiger partial charge in [0.1, 0.15) is 5.75 Å². The summed E-state index contributed by atoms with van der Waals surface area (Å²) in [5.74, 6) is 3.15. The number of hydrogen-bond donors (Lipinski definition) is 1. The van der Waals surface area contributed by atoms with Crippen LogP contribution in [0.3, 0.4) is 0 Å². The van der Waals surface area contributed by atoms with Gasteiger partial charge in [-0.3, -0.25) is 4.79 Å². The minimum absolute atomic E-state index is 0.0155. The number of hydrogen-bond acceptors (Lipinski definition) is 2. The molecule has 1 amide bonds. The summed E-state index contributed by atoms with van der Waals surface area (Å²) in [7, 11) is 0. The molecule has 3 nitrogen and oxygen atoms in total. The lowest BCUT2D eigenvalue weighted by Crippen LogP contribution is -2.42. The summed E-state index contributed by atoms with van der Waals surface area (Å²) in [6.07, 6.45) is 5.40. The molecule has 4 rings (SSSR count). The molecule has 0 aliphatic heterocycles. The Bertz CT molecular complexity index is 736. The van der Waals surface area contributed by atoms with Crippen molar-refractivity contribution >= 4 is 16.7 Å². The smallest absolute Gasteiger partial charge is 0.258 e. The van der Waals surface area contributed by atoms with Crippen molar-refractivity contribution in [3.05, 3.63) is 42.5 Å². The molecule has 126 valence electrons. The second-order valence-electron chi connectivity index (χ2n) is 7.46. The maximum absolute atomic E-state index is 12.3. The zero-order valence-electron chi connectivity index (χ0n) is 14.2. The predicted molar refractivity (Wildman–Crippen MR) is 96.0 cm³/mol. The molecule has 0 spiro atoms. The Balaban J connectivity index is 1.34. The molecule has 2 aromatic carbocycles. The van der Waals surface area contributed by atoms with E-state index in [4.69, 9.17) is 4.74 Å². The molecule has 24 heavy (non-hydrogen) atoms. The first-order valence-corrected chi connectivity index (χ1v) is 9.10. The number of amides is 1. The SMILES string of the molecule is CC(NC(=O)COc1cccc2ccccc12)C1CC2CCC1C2. The van der Waals surface area contributed by atoms with Crippen LogP contribution in [0.15, 0.2) is 42.5 Å². The lowest BCUT2D eigenvalue weighted by atomic mass is 9.84. The van der Waals surface area contributed by atoms with E-state index < -0.39 is 0 Å². The van der Waals surface area contributed by atoms with Crippen LogP contribution in [0.1, 0.15) is 32.6 Å². The van der Waals surface area contributed by atoms with Gasteiger partial charge in [-0.25, -0.2) is 0 Å². The quantitative estimate of drug-likeness (QED) is 0.897. The van der Waals surface area contributed by atoms with Crippen molar-refractivity contribution in [1.29, 1.82) is 0 Å². The minimum atomic E-state index is -0.0155. The number of nitrogens with one attached hydrogen (secondary N) is 1. The van der Waals surface area contributed by atoms with Gasteiger partial charge in [0.05, 0.1) is 0 Å². The van der Waals surface area contributed by atoms with Crippen LogP contribution < -0.4 is 10.1 Å². The topological polar surface area (TPSA) is 38.3 Å². The third-order valence-corrected chi connectivity index (χ3v) is 5.93. The zero-order chi connectivity index (χ0) is 16.5. The van der Waals surface area contributed by atoms with Crippen molar-refractivity contribution in [3.63, 3.8) is 0 Å². The standard InChI is InChI=1S/C21H25NO2/c1-14(19-12-15-9-10-17(19)11-15)22-21(23)13-24-20-8-4-6-16-5-2-3-7-18(16)20/h2-8,14-15,17,19H,9-13H2,1H3,(H,22,23). The highest BCUT2D eigenvalue weighted by Crippen LogP contribution is 2.49. The Kier molecular flexibility index (Phi) is 4.17. The van der Waals surface area contributed by atoms with Gasteiger partial charge in [-0.2, -0.15) is 0 Å². The van der Waals surface area contributed by atoms with Crippen molar-refractivity contribution < 1.29 is 9.53 Å². The maximum Gasteiger partial charge on any atom is 0.258 e. The third kappa shape index (κ3) is 3.00. The highest BCUT2D eigenvalue weighted by molar-refractivity contribution is 5.88. The lowest BCUT2D eigenvalue weighted by molar-refractivity contribution is -0.124. The van der Waals surface area contributed by atoms with Crippen LogP contribution in [0.4, 0.5) is 0 Å². The molecule has 0 heterocycles. The minimum Gasteiger partial charge on any atom is -0.483 e. The van der Waals surface area contributed by atoms with Crippen LogP contribution in [0.2, 0.25) is 0 Å². The third-order valence-electron chi connectivity index (χ3n) is 5.93. The molecular weight excluding hydrogens is 298 g/mol. The molecule has 3 heteroatoms. The van der Waals surface area contributed by atoms with E-state index in [-0.39, 0.29) is 18.6 Å². The molecule has 4 atom stereocenters. The fourth-order valence-corrected chi connectivity index (χ4v) is 4.77. The van der Waals surface area contributed by atoms with Crippen LogP contribution in [0.25, 0.3) is 10.8 Å². The Morgan fingerprint density at radius 1 is 1.17 bits per heavy atom. The molecule has 2 bridgehead atoms. The van der Waals surface area contributed by atoms with Gasteiger partial charge < -0.3 is 10.1 Å². The van der Waals surface area contributed by atoms with Crippen LogP contribution in [0.5, 0.6) is 5.75 Å². The summed E-state index contributed by atoms with van der Waals surface area (Å²) in [6, 6.07) is 14.3. The van der Waals surface area contributed by atoms with Gasteiger partial charge in [0.2, 0.25) is 0 Å². The van der Waals surface area contributed by atoms with Crippen LogP contribution >= 0.6 is 0 Å². The average Bonchev–Trinajstić information content (AvgIpc) is 3.23. The molecule has 2 aliphatic rings. The number of benzene rings is 2. The summed E-state index contributed by atoms with van der Waals surface area (Å²) in [5.41, 5.74) is 0. The van der Waals surface area contributed by atoms with E-state index in [1.165, 1.54) is 25.7 Å². The summed E-state index contributed by atoms with van der Waals surface area (Å²) < 4.78 is 5.79. The molecule has 0 aromatic heterocycles. The van der Waals surface area contributed by atoms with Crippen LogP contribution in [-0.4, -0.2) is 18.6 Å². The van der Waals surface area contributed by atoms with E-state index in [1.807, 2.05) is 30.3 Å². The van der Waals surface area contributed by atoms with Gasteiger partial charge in [0.15, 0.2) is 6.61 Å². The largest absolute Gasteiger partial charge is 0.483 e. The fourth-order valence-electron chi connectivity index (χ4n) is 4.77. The van der Waals surface area contributed by atoms with E-state index in [1.54, 1.807) is 0 Å². The summed E-state index contributed by atoms with van der Waals surface area (Å²) >= 11 is 0. The second kappa shape index (κ2) is 6.46. The van der Waals surface area contributed by atoms with Crippen molar-refractivity contribution in [1.82, 2.24) is 5.32 Å². The van der Waals surface area contributed by atoms with Gasteiger partial charge in [-0.05, 0) is 55.4 Å². The Morgan fingerprint density at radius 2 is 2.00 bits per heavy atom. The van der Waals surface area contributed by atoms with Crippen molar-refractivity contribution in [2.75, 3.05) is 6.61 Å². The number of rotatable bonds is 5. The van der Waals surface area contributed by atoms with Crippen molar-refractivity contribution in [2.24, 2.45) is 17.8 Å². The van der Waals surface area contributed by atoms with Gasteiger partial charge in [-0.15, -0.1) is 0 Å². The molecule has 2 saturated carbocycles. The zero-order valence-corrected chi connectivity index (χ0v) is 14.2. The van der Waals surface area contributed by atoms with Gasteiger partial charge in [0.25, 0.3) is 5.91 Å². The second-order valence-corrected chi connectivity index (χ2v) is 7.46. The first kappa shape index (κ1) is 15.5. The van der Waals surface area contributed by atoms with E-state index >= 15 is 0 Å². The van der Waals surface area contributed by atoms with Crippen molar-refractivity contribution in [3.8, 4) is 5.75 Å². The monoisotopic (exact) mass is 323 g/mol. The van der Waals surface area contributed by atoms with Crippen LogP contribution in [-0.2, 0) is 4.79 Å². The van der Waals surface area contributed by atoms with E-state index in [0.29, 0.717) is 5.92 Å². The Labute approximate surface area is 143 Å². The maximum atomic E-state index is 12.3. The molecule has 0 radical (unpaired) electrons. The van der Waals surface area contributed by atoms with E-state index in [9.17, 15) is 4.79 Å². The van der Waals surface area contributed by atoms with Gasteiger partial charge >= 0.3 is 0 Å². The van der Waals surface area contributed by atoms with E-state index in [2.05, 4.69) is 24.4 Å². The summed E-state index contributed by atoms with van der Waals surface area (Å²) in [6.45, 7) is 2.24. The Hall–Kier alpha value is -2.03. The predicted octanol–water partition coefficient (Wildman–Crippen LogP) is 4.16. The van der Waals surface area contributed by atoms with Gasteiger partial charge in [-0.1, -0.05) is 42.8 Å². The molecular formula is C21H25NO2. The van der Waals surface area contributed by atoms with Crippen LogP contribution in [0, 0.1) is 17.8 Å². The lowest BCUT2D eigenvalue weighted by Gasteiger charge is -2.28. The molecule has 2 fully saturated rings. The summed E-state index contributed by atoms with van der Waals surface area (Å²) in [4.78, 5) is 12.3.